The molecule has 0 saturated carbocycles. The van der Waals surface area contributed by atoms with Gasteiger partial charge in [0.2, 0.25) is 0 Å². The molecule has 2 aromatic heterocycles. The standard InChI is InChI=1S/C12H14BrN3S/c1-2-15-12(5-10-7-14-8-17-10)11-4-3-9(13)6-16-11/h3-4,6-8,12,15H,2,5H2,1H3. The first-order valence-corrected chi connectivity index (χ1v) is 7.19. The maximum absolute atomic E-state index is 4.45. The third-order valence-corrected chi connectivity index (χ3v) is 3.72. The van der Waals surface area contributed by atoms with Gasteiger partial charge in [-0.2, -0.15) is 0 Å². The van der Waals surface area contributed by atoms with Crippen molar-refractivity contribution >= 4 is 27.3 Å². The van der Waals surface area contributed by atoms with Crippen LogP contribution in [0.3, 0.4) is 0 Å². The molecule has 1 N–H and O–H groups in total. The summed E-state index contributed by atoms with van der Waals surface area (Å²) in [5.41, 5.74) is 2.94. The van der Waals surface area contributed by atoms with Gasteiger partial charge in [-0.3, -0.25) is 9.97 Å². The Hall–Kier alpha value is -0.780. The minimum atomic E-state index is 0.258. The molecule has 1 atom stereocenters. The first kappa shape index (κ1) is 12.7. The predicted octanol–water partition coefficient (Wildman–Crippen LogP) is 3.19. The molecule has 1 unspecified atom stereocenters. The maximum Gasteiger partial charge on any atom is 0.0794 e. The van der Waals surface area contributed by atoms with Crippen molar-refractivity contribution < 1.29 is 0 Å². The molecule has 0 saturated heterocycles. The Morgan fingerprint density at radius 3 is 2.88 bits per heavy atom. The highest BCUT2D eigenvalue weighted by atomic mass is 79.9. The third kappa shape index (κ3) is 3.59. The number of aromatic nitrogens is 2. The van der Waals surface area contributed by atoms with Crippen LogP contribution >= 0.6 is 27.3 Å². The van der Waals surface area contributed by atoms with Gasteiger partial charge in [-0.25, -0.2) is 0 Å². The van der Waals surface area contributed by atoms with E-state index in [2.05, 4.69) is 44.2 Å². The zero-order chi connectivity index (χ0) is 12.1. The zero-order valence-electron chi connectivity index (χ0n) is 9.56. The largest absolute Gasteiger partial charge is 0.309 e. The first-order valence-electron chi connectivity index (χ1n) is 5.51. The normalized spacial score (nSPS) is 12.6. The van der Waals surface area contributed by atoms with E-state index in [1.54, 1.807) is 11.3 Å². The summed E-state index contributed by atoms with van der Waals surface area (Å²) in [6.07, 6.45) is 4.70. The summed E-state index contributed by atoms with van der Waals surface area (Å²) in [7, 11) is 0. The number of rotatable bonds is 5. The van der Waals surface area contributed by atoms with Gasteiger partial charge < -0.3 is 5.32 Å². The van der Waals surface area contributed by atoms with Crippen LogP contribution in [-0.2, 0) is 6.42 Å². The quantitative estimate of drug-likeness (QED) is 0.921. The Bertz CT molecular complexity index is 441. The van der Waals surface area contributed by atoms with E-state index in [9.17, 15) is 0 Å². The van der Waals surface area contributed by atoms with E-state index in [0.717, 1.165) is 23.1 Å². The molecule has 0 radical (unpaired) electrons. The average Bonchev–Trinajstić information content (AvgIpc) is 2.82. The molecule has 0 aliphatic rings. The lowest BCUT2D eigenvalue weighted by Crippen LogP contribution is -2.23. The molecule has 0 aliphatic heterocycles. The molecule has 2 heterocycles. The van der Waals surface area contributed by atoms with Gasteiger partial charge in [0.05, 0.1) is 17.2 Å². The molecule has 0 bridgehead atoms. The van der Waals surface area contributed by atoms with E-state index in [0.29, 0.717) is 0 Å². The topological polar surface area (TPSA) is 37.8 Å². The van der Waals surface area contributed by atoms with Gasteiger partial charge in [-0.05, 0) is 34.6 Å². The molecule has 3 nitrogen and oxygen atoms in total. The van der Waals surface area contributed by atoms with Gasteiger partial charge in [0.15, 0.2) is 0 Å². The summed E-state index contributed by atoms with van der Waals surface area (Å²) in [6.45, 7) is 3.04. The Labute approximate surface area is 113 Å². The van der Waals surface area contributed by atoms with Crippen LogP contribution in [-0.4, -0.2) is 16.5 Å². The molecule has 0 fully saturated rings. The van der Waals surface area contributed by atoms with Gasteiger partial charge in [0.1, 0.15) is 0 Å². The van der Waals surface area contributed by atoms with Gasteiger partial charge >= 0.3 is 0 Å². The van der Waals surface area contributed by atoms with Gasteiger partial charge in [0, 0.05) is 28.2 Å². The summed E-state index contributed by atoms with van der Waals surface area (Å²) in [5.74, 6) is 0. The van der Waals surface area contributed by atoms with Crippen LogP contribution in [0.1, 0.15) is 23.5 Å². The Balaban J connectivity index is 2.13. The van der Waals surface area contributed by atoms with Crippen molar-refractivity contribution in [3.8, 4) is 0 Å². The van der Waals surface area contributed by atoms with Gasteiger partial charge in [0.25, 0.3) is 0 Å². The van der Waals surface area contributed by atoms with Crippen LogP contribution in [0.5, 0.6) is 0 Å². The van der Waals surface area contributed by atoms with Crippen molar-refractivity contribution in [2.24, 2.45) is 0 Å². The Kier molecular flexibility index (Phi) is 4.65. The minimum Gasteiger partial charge on any atom is -0.309 e. The monoisotopic (exact) mass is 311 g/mol. The lowest BCUT2D eigenvalue weighted by atomic mass is 10.1. The molecule has 2 aromatic rings. The predicted molar refractivity (Wildman–Crippen MR) is 74.2 cm³/mol. The number of nitrogens with one attached hydrogen (secondary N) is 1. The fourth-order valence-corrected chi connectivity index (χ4v) is 2.54. The molecule has 0 aliphatic carbocycles. The summed E-state index contributed by atoms with van der Waals surface area (Å²) in [4.78, 5) is 9.84. The van der Waals surface area contributed by atoms with Crippen LogP contribution in [0.4, 0.5) is 0 Å². The fraction of sp³-hybridized carbons (Fsp3) is 0.333. The van der Waals surface area contributed by atoms with E-state index in [1.165, 1.54) is 4.88 Å². The summed E-state index contributed by atoms with van der Waals surface area (Å²) in [5, 5.41) is 3.46. The smallest absolute Gasteiger partial charge is 0.0794 e. The van der Waals surface area contributed by atoms with E-state index < -0.39 is 0 Å². The Morgan fingerprint density at radius 1 is 1.41 bits per heavy atom. The molecule has 0 aromatic carbocycles. The van der Waals surface area contributed by atoms with Crippen molar-refractivity contribution in [1.29, 1.82) is 0 Å². The van der Waals surface area contributed by atoms with E-state index in [4.69, 9.17) is 0 Å². The number of nitrogens with zero attached hydrogens (tertiary/aromatic N) is 2. The number of pyridine rings is 1. The highest BCUT2D eigenvalue weighted by Crippen LogP contribution is 2.20. The molecular weight excluding hydrogens is 298 g/mol. The lowest BCUT2D eigenvalue weighted by molar-refractivity contribution is 0.539. The summed E-state index contributed by atoms with van der Waals surface area (Å²) < 4.78 is 1.01. The van der Waals surface area contributed by atoms with Crippen LogP contribution in [0.15, 0.2) is 34.5 Å². The molecule has 2 rings (SSSR count). The zero-order valence-corrected chi connectivity index (χ0v) is 12.0. The number of halogens is 1. The first-order chi connectivity index (χ1) is 8.29. The van der Waals surface area contributed by atoms with Gasteiger partial charge in [-0.1, -0.05) is 6.92 Å². The van der Waals surface area contributed by atoms with Crippen molar-refractivity contribution in [2.45, 2.75) is 19.4 Å². The molecule has 5 heteroatoms. The molecule has 17 heavy (non-hydrogen) atoms. The van der Waals surface area contributed by atoms with Crippen LogP contribution in [0.2, 0.25) is 0 Å². The maximum atomic E-state index is 4.45. The highest BCUT2D eigenvalue weighted by Gasteiger charge is 2.13. The SMILES string of the molecule is CCNC(Cc1cncs1)c1ccc(Br)cn1. The average molecular weight is 312 g/mol. The van der Waals surface area contributed by atoms with Crippen LogP contribution in [0, 0.1) is 0 Å². The van der Waals surface area contributed by atoms with Crippen LogP contribution in [0.25, 0.3) is 0 Å². The molecular formula is C12H14BrN3S. The van der Waals surface area contributed by atoms with Crippen molar-refractivity contribution in [2.75, 3.05) is 6.54 Å². The number of thiazole rings is 1. The second-order valence-corrected chi connectivity index (χ2v) is 5.57. The molecule has 0 spiro atoms. The number of likely N-dealkylation sites (N-methyl/N-ethyl adjacent to an activating group) is 1. The number of hydrogen-bond donors (Lipinski definition) is 1. The molecule has 90 valence electrons. The fourth-order valence-electron chi connectivity index (χ4n) is 1.67. The summed E-state index contributed by atoms with van der Waals surface area (Å²) in [6, 6.07) is 4.34. The summed E-state index contributed by atoms with van der Waals surface area (Å²) >= 11 is 5.09. The van der Waals surface area contributed by atoms with Gasteiger partial charge in [-0.15, -0.1) is 11.3 Å². The lowest BCUT2D eigenvalue weighted by Gasteiger charge is -2.16. The van der Waals surface area contributed by atoms with E-state index in [1.807, 2.05) is 24.0 Å². The molecule has 0 amide bonds. The third-order valence-electron chi connectivity index (χ3n) is 2.45. The number of hydrogen-bond acceptors (Lipinski definition) is 4. The second kappa shape index (κ2) is 6.23. The van der Waals surface area contributed by atoms with Crippen molar-refractivity contribution in [3.63, 3.8) is 0 Å². The van der Waals surface area contributed by atoms with Crippen molar-refractivity contribution in [1.82, 2.24) is 15.3 Å². The van der Waals surface area contributed by atoms with E-state index >= 15 is 0 Å². The second-order valence-electron chi connectivity index (χ2n) is 3.68. The van der Waals surface area contributed by atoms with Crippen LogP contribution < -0.4 is 5.32 Å². The van der Waals surface area contributed by atoms with Crippen molar-refractivity contribution in [3.05, 3.63) is 45.1 Å². The van der Waals surface area contributed by atoms with E-state index in [-0.39, 0.29) is 6.04 Å². The Morgan fingerprint density at radius 2 is 2.29 bits per heavy atom. The minimum absolute atomic E-state index is 0.258. The highest BCUT2D eigenvalue weighted by molar-refractivity contribution is 9.10.